The molecule has 2 N–H and O–H groups in total. The van der Waals surface area contributed by atoms with E-state index in [0.717, 1.165) is 18.4 Å². The van der Waals surface area contributed by atoms with E-state index in [1.165, 1.54) is 12.7 Å². The second-order valence-corrected chi connectivity index (χ2v) is 11.4. The number of Topliss-reactive ketones (excluding diaryl/α,β-unsaturated/α-hetero) is 1. The molecule has 3 aromatic rings. The van der Waals surface area contributed by atoms with Gasteiger partial charge in [0.15, 0.2) is 12.4 Å². The Morgan fingerprint density at radius 3 is 2.05 bits per heavy atom. The fraction of sp³-hybridized carbons (Fsp3) is 0.382. The van der Waals surface area contributed by atoms with Crippen molar-refractivity contribution in [2.45, 2.75) is 71.6 Å². The summed E-state index contributed by atoms with van der Waals surface area (Å²) in [4.78, 5) is 37.7. The van der Waals surface area contributed by atoms with Crippen molar-refractivity contribution in [2.24, 2.45) is 0 Å². The Hall–Kier alpha value is -4.13. The molecular formula is C34H42N2O5. The number of anilines is 2. The van der Waals surface area contributed by atoms with E-state index in [0.29, 0.717) is 28.4 Å². The summed E-state index contributed by atoms with van der Waals surface area (Å²) in [5, 5.41) is 5.51. The van der Waals surface area contributed by atoms with Crippen molar-refractivity contribution >= 4 is 29.0 Å². The van der Waals surface area contributed by atoms with Crippen molar-refractivity contribution in [1.29, 1.82) is 0 Å². The molecule has 3 rings (SSSR count). The minimum atomic E-state index is -0.439. The third-order valence-corrected chi connectivity index (χ3v) is 7.81. The highest BCUT2D eigenvalue weighted by Gasteiger charge is 2.27. The maximum Gasteiger partial charge on any atom is 0.262 e. The lowest BCUT2D eigenvalue weighted by Crippen LogP contribution is -2.24. The molecule has 0 aliphatic heterocycles. The summed E-state index contributed by atoms with van der Waals surface area (Å²) in [6, 6.07) is 19.7. The van der Waals surface area contributed by atoms with Crippen LogP contribution in [0.15, 0.2) is 66.7 Å². The highest BCUT2D eigenvalue weighted by molar-refractivity contribution is 6.11. The molecule has 0 bridgehead atoms. The molecule has 0 aromatic heterocycles. The monoisotopic (exact) mass is 558 g/mol. The molecule has 0 atom stereocenters. The van der Waals surface area contributed by atoms with E-state index in [2.05, 4.69) is 64.3 Å². The highest BCUT2D eigenvalue weighted by atomic mass is 16.5. The molecule has 0 saturated carbocycles. The van der Waals surface area contributed by atoms with Gasteiger partial charge in [0.25, 0.3) is 5.91 Å². The molecule has 3 aromatic carbocycles. The summed E-state index contributed by atoms with van der Waals surface area (Å²) in [5.41, 5.74) is 3.67. The lowest BCUT2D eigenvalue weighted by atomic mass is 9.76. The summed E-state index contributed by atoms with van der Waals surface area (Å²) >= 11 is 0. The number of nitrogens with one attached hydrogen (secondary N) is 2. The molecule has 0 aliphatic carbocycles. The Balaban J connectivity index is 1.60. The Bertz CT molecular complexity index is 1380. The number of amides is 2. The van der Waals surface area contributed by atoms with Crippen LogP contribution in [0.2, 0.25) is 0 Å². The second kappa shape index (κ2) is 13.5. The summed E-state index contributed by atoms with van der Waals surface area (Å²) in [6.45, 7) is 13.0. The SMILES string of the molecule is CCC(C)(C)c1ccc(OCC(=O)Nc2ccc(C(=O)CC(=O)Nc3ccccc3OC)cc2)c(C(C)(C)CC)c1. The van der Waals surface area contributed by atoms with Gasteiger partial charge in [-0.1, -0.05) is 65.8 Å². The number of hydrogen-bond acceptors (Lipinski definition) is 5. The highest BCUT2D eigenvalue weighted by Crippen LogP contribution is 2.38. The van der Waals surface area contributed by atoms with Crippen LogP contribution in [-0.4, -0.2) is 31.3 Å². The quantitative estimate of drug-likeness (QED) is 0.170. The van der Waals surface area contributed by atoms with E-state index >= 15 is 0 Å². The van der Waals surface area contributed by atoms with Gasteiger partial charge in [-0.15, -0.1) is 0 Å². The van der Waals surface area contributed by atoms with Crippen LogP contribution in [0.5, 0.6) is 11.5 Å². The number of carbonyl (C=O) groups excluding carboxylic acids is 3. The van der Waals surface area contributed by atoms with Gasteiger partial charge in [0.2, 0.25) is 5.91 Å². The minimum absolute atomic E-state index is 0.0429. The number of rotatable bonds is 13. The number of hydrogen-bond donors (Lipinski definition) is 2. The molecule has 41 heavy (non-hydrogen) atoms. The van der Waals surface area contributed by atoms with Crippen LogP contribution in [0.25, 0.3) is 0 Å². The summed E-state index contributed by atoms with van der Waals surface area (Å²) in [5.74, 6) is 0.138. The Morgan fingerprint density at radius 2 is 1.41 bits per heavy atom. The molecule has 218 valence electrons. The zero-order chi connectivity index (χ0) is 30.2. The van der Waals surface area contributed by atoms with Crippen LogP contribution in [-0.2, 0) is 20.4 Å². The molecular weight excluding hydrogens is 516 g/mol. The third kappa shape index (κ3) is 8.19. The third-order valence-electron chi connectivity index (χ3n) is 7.81. The lowest BCUT2D eigenvalue weighted by Gasteiger charge is -2.30. The first-order valence-corrected chi connectivity index (χ1v) is 14.0. The van der Waals surface area contributed by atoms with Gasteiger partial charge in [0, 0.05) is 16.8 Å². The van der Waals surface area contributed by atoms with Gasteiger partial charge in [-0.2, -0.15) is 0 Å². The van der Waals surface area contributed by atoms with Gasteiger partial charge in [-0.25, -0.2) is 0 Å². The number of carbonyl (C=O) groups is 3. The van der Waals surface area contributed by atoms with Gasteiger partial charge < -0.3 is 20.1 Å². The zero-order valence-corrected chi connectivity index (χ0v) is 25.2. The Kier molecular flexibility index (Phi) is 10.3. The van der Waals surface area contributed by atoms with Crippen LogP contribution in [0.3, 0.4) is 0 Å². The molecule has 0 unspecified atom stereocenters. The summed E-state index contributed by atoms with van der Waals surface area (Å²) < 4.78 is 11.2. The number of ether oxygens (including phenoxy) is 2. The molecule has 0 saturated heterocycles. The maximum atomic E-state index is 12.7. The standard InChI is InChI=1S/C34H42N2O5/c1-8-33(3,4)24-16-19-29(26(20-24)34(5,6)9-2)41-22-32(39)35-25-17-14-23(15-18-25)28(37)21-31(38)36-27-12-10-11-13-30(27)40-7/h10-20H,8-9,21-22H2,1-7H3,(H,35,39)(H,36,38). The van der Waals surface area contributed by atoms with E-state index in [1.54, 1.807) is 48.5 Å². The van der Waals surface area contributed by atoms with Gasteiger partial charge in [-0.05, 0) is 71.7 Å². The van der Waals surface area contributed by atoms with E-state index in [9.17, 15) is 14.4 Å². The summed E-state index contributed by atoms with van der Waals surface area (Å²) in [7, 11) is 1.51. The van der Waals surface area contributed by atoms with Gasteiger partial charge in [0.1, 0.15) is 11.5 Å². The smallest absolute Gasteiger partial charge is 0.262 e. The average molecular weight is 559 g/mol. The first-order valence-electron chi connectivity index (χ1n) is 14.0. The van der Waals surface area contributed by atoms with Crippen molar-refractivity contribution in [1.82, 2.24) is 0 Å². The molecule has 0 spiro atoms. The van der Waals surface area contributed by atoms with E-state index in [-0.39, 0.29) is 35.5 Å². The van der Waals surface area contributed by atoms with Crippen LogP contribution in [0, 0.1) is 0 Å². The fourth-order valence-corrected chi connectivity index (χ4v) is 4.27. The summed E-state index contributed by atoms with van der Waals surface area (Å²) in [6.07, 6.45) is 1.63. The first-order chi connectivity index (χ1) is 19.4. The molecule has 7 nitrogen and oxygen atoms in total. The molecule has 0 heterocycles. The minimum Gasteiger partial charge on any atom is -0.495 e. The van der Waals surface area contributed by atoms with E-state index in [4.69, 9.17) is 9.47 Å². The number of ketones is 1. The van der Waals surface area contributed by atoms with Gasteiger partial charge in [-0.3, -0.25) is 14.4 Å². The fourth-order valence-electron chi connectivity index (χ4n) is 4.27. The van der Waals surface area contributed by atoms with Gasteiger partial charge in [0.05, 0.1) is 19.2 Å². The van der Waals surface area contributed by atoms with E-state index in [1.807, 2.05) is 6.07 Å². The number of methoxy groups -OCH3 is 1. The van der Waals surface area contributed by atoms with Crippen LogP contribution in [0.1, 0.15) is 82.3 Å². The Labute approximate surface area is 243 Å². The predicted molar refractivity (Wildman–Crippen MR) is 164 cm³/mol. The van der Waals surface area contributed by atoms with Crippen LogP contribution >= 0.6 is 0 Å². The topological polar surface area (TPSA) is 93.7 Å². The Morgan fingerprint density at radius 1 is 0.756 bits per heavy atom. The molecule has 0 radical (unpaired) electrons. The second-order valence-electron chi connectivity index (χ2n) is 11.4. The predicted octanol–water partition coefficient (Wildman–Crippen LogP) is 7.30. The molecule has 7 heteroatoms. The van der Waals surface area contributed by atoms with Crippen LogP contribution in [0.4, 0.5) is 11.4 Å². The molecule has 2 amide bonds. The van der Waals surface area contributed by atoms with Gasteiger partial charge >= 0.3 is 0 Å². The van der Waals surface area contributed by atoms with Crippen molar-refractivity contribution in [3.63, 3.8) is 0 Å². The largest absolute Gasteiger partial charge is 0.495 e. The van der Waals surface area contributed by atoms with Crippen molar-refractivity contribution in [2.75, 3.05) is 24.4 Å². The first kappa shape index (κ1) is 31.4. The number of para-hydroxylation sites is 2. The lowest BCUT2D eigenvalue weighted by molar-refractivity contribution is -0.118. The maximum absolute atomic E-state index is 12.7. The molecule has 0 aliphatic rings. The van der Waals surface area contributed by atoms with Crippen molar-refractivity contribution < 1.29 is 23.9 Å². The zero-order valence-electron chi connectivity index (χ0n) is 25.2. The normalized spacial score (nSPS) is 11.5. The average Bonchev–Trinajstić information content (AvgIpc) is 2.96. The van der Waals surface area contributed by atoms with Crippen molar-refractivity contribution in [3.8, 4) is 11.5 Å². The molecule has 0 fully saturated rings. The van der Waals surface area contributed by atoms with E-state index < -0.39 is 5.91 Å². The number of benzene rings is 3. The van der Waals surface area contributed by atoms with Crippen molar-refractivity contribution in [3.05, 3.63) is 83.4 Å². The van der Waals surface area contributed by atoms with Crippen LogP contribution < -0.4 is 20.1 Å².